The molecule has 0 saturated heterocycles. The van der Waals surface area contributed by atoms with E-state index in [0.29, 0.717) is 0 Å². The molecule has 0 aliphatic carbocycles. The van der Waals surface area contributed by atoms with Crippen molar-refractivity contribution in [3.05, 3.63) is 12.7 Å². The minimum atomic E-state index is -1.06. The van der Waals surface area contributed by atoms with Crippen LogP contribution in [0.15, 0.2) is 12.7 Å². The van der Waals surface area contributed by atoms with Crippen molar-refractivity contribution in [2.45, 2.75) is 12.5 Å². The first kappa shape index (κ1) is 8.22. The van der Waals surface area contributed by atoms with E-state index in [-0.39, 0.29) is 6.54 Å². The molecule has 50 valence electrons. The van der Waals surface area contributed by atoms with E-state index < -0.39 is 5.60 Å². The van der Waals surface area contributed by atoms with Gasteiger partial charge >= 0.3 is 0 Å². The molecular formula is C7H11NO. The van der Waals surface area contributed by atoms with Gasteiger partial charge in [-0.1, -0.05) is 18.4 Å². The second-order valence-corrected chi connectivity index (χ2v) is 1.95. The zero-order valence-electron chi connectivity index (χ0n) is 5.52. The predicted octanol–water partition coefficient (Wildman–Crippen LogP) is -0.114. The molecule has 2 heteroatoms. The van der Waals surface area contributed by atoms with Crippen molar-refractivity contribution in [1.82, 2.24) is 0 Å². The Balaban J connectivity index is 3.99. The van der Waals surface area contributed by atoms with Crippen LogP contribution in [0.5, 0.6) is 0 Å². The molecule has 0 aromatic rings. The number of aliphatic hydroxyl groups is 1. The van der Waals surface area contributed by atoms with E-state index >= 15 is 0 Å². The van der Waals surface area contributed by atoms with Crippen molar-refractivity contribution < 1.29 is 5.11 Å². The van der Waals surface area contributed by atoms with Crippen LogP contribution in [-0.4, -0.2) is 17.3 Å². The molecule has 0 amide bonds. The molecule has 1 unspecified atom stereocenters. The lowest BCUT2D eigenvalue weighted by Gasteiger charge is -2.11. The molecule has 0 rings (SSSR count). The Bertz CT molecular complexity index is 150. The molecule has 0 aromatic carbocycles. The minimum Gasteiger partial charge on any atom is -0.377 e. The molecule has 0 bridgehead atoms. The molecule has 3 N–H and O–H groups in total. The Labute approximate surface area is 55.4 Å². The third kappa shape index (κ3) is 3.77. The maximum absolute atomic E-state index is 9.11. The van der Waals surface area contributed by atoms with Crippen molar-refractivity contribution in [2.24, 2.45) is 5.73 Å². The van der Waals surface area contributed by atoms with E-state index in [1.807, 2.05) is 0 Å². The van der Waals surface area contributed by atoms with Gasteiger partial charge in [0.2, 0.25) is 0 Å². The van der Waals surface area contributed by atoms with Crippen LogP contribution in [0.2, 0.25) is 0 Å². The molecule has 0 radical (unpaired) electrons. The van der Waals surface area contributed by atoms with Gasteiger partial charge in [0.15, 0.2) is 0 Å². The van der Waals surface area contributed by atoms with Crippen LogP contribution in [0.4, 0.5) is 0 Å². The van der Waals surface area contributed by atoms with Crippen LogP contribution < -0.4 is 5.73 Å². The van der Waals surface area contributed by atoms with Crippen molar-refractivity contribution in [2.75, 3.05) is 6.54 Å². The second-order valence-electron chi connectivity index (χ2n) is 1.95. The topological polar surface area (TPSA) is 46.2 Å². The summed E-state index contributed by atoms with van der Waals surface area (Å²) in [6, 6.07) is 0. The van der Waals surface area contributed by atoms with Crippen molar-refractivity contribution in [3.8, 4) is 11.8 Å². The first-order valence-corrected chi connectivity index (χ1v) is 2.68. The highest BCUT2D eigenvalue weighted by Crippen LogP contribution is 1.95. The summed E-state index contributed by atoms with van der Waals surface area (Å²) in [4.78, 5) is 0. The van der Waals surface area contributed by atoms with Gasteiger partial charge in [0.1, 0.15) is 5.60 Å². The summed E-state index contributed by atoms with van der Waals surface area (Å²) in [7, 11) is 0. The number of nitrogens with two attached hydrogens (primary N) is 1. The average Bonchev–Trinajstić information content (AvgIpc) is 1.84. The molecule has 1 atom stereocenters. The molecule has 2 nitrogen and oxygen atoms in total. The highest BCUT2D eigenvalue weighted by Gasteiger charge is 2.11. The number of hydrogen-bond donors (Lipinski definition) is 2. The highest BCUT2D eigenvalue weighted by atomic mass is 16.3. The lowest BCUT2D eigenvalue weighted by atomic mass is 10.1. The van der Waals surface area contributed by atoms with Gasteiger partial charge in [-0.2, -0.15) is 0 Å². The van der Waals surface area contributed by atoms with Crippen LogP contribution in [0.1, 0.15) is 6.92 Å². The van der Waals surface area contributed by atoms with Crippen LogP contribution in [-0.2, 0) is 0 Å². The van der Waals surface area contributed by atoms with E-state index in [1.165, 1.54) is 6.08 Å². The average molecular weight is 125 g/mol. The fraction of sp³-hybridized carbons (Fsp3) is 0.429. The van der Waals surface area contributed by atoms with Crippen molar-refractivity contribution >= 4 is 0 Å². The Morgan fingerprint density at radius 1 is 1.89 bits per heavy atom. The summed E-state index contributed by atoms with van der Waals surface area (Å²) in [6.45, 7) is 5.08. The SMILES string of the molecule is C=CC#CC(C)(O)CN. The Morgan fingerprint density at radius 3 is 2.78 bits per heavy atom. The fourth-order valence-electron chi connectivity index (χ4n) is 0.258. The fourth-order valence-corrected chi connectivity index (χ4v) is 0.258. The zero-order chi connectivity index (χ0) is 7.33. The molecular weight excluding hydrogens is 114 g/mol. The third-order valence-electron chi connectivity index (χ3n) is 0.841. The second kappa shape index (κ2) is 3.29. The quantitative estimate of drug-likeness (QED) is 0.480. The predicted molar refractivity (Wildman–Crippen MR) is 37.7 cm³/mol. The maximum atomic E-state index is 9.11. The van der Waals surface area contributed by atoms with Gasteiger partial charge in [-0.05, 0) is 13.0 Å². The van der Waals surface area contributed by atoms with Crippen LogP contribution in [0.3, 0.4) is 0 Å². The van der Waals surface area contributed by atoms with Crippen LogP contribution in [0, 0.1) is 11.8 Å². The summed E-state index contributed by atoms with van der Waals surface area (Å²) in [6.07, 6.45) is 1.42. The molecule has 0 aromatic heterocycles. The molecule has 0 fully saturated rings. The number of hydrogen-bond acceptors (Lipinski definition) is 2. The van der Waals surface area contributed by atoms with Gasteiger partial charge in [-0.25, -0.2) is 0 Å². The van der Waals surface area contributed by atoms with Gasteiger partial charge in [0, 0.05) is 6.54 Å². The summed E-state index contributed by atoms with van der Waals surface area (Å²) in [5, 5.41) is 9.11. The van der Waals surface area contributed by atoms with Crippen molar-refractivity contribution in [1.29, 1.82) is 0 Å². The normalized spacial score (nSPS) is 15.0. The highest BCUT2D eigenvalue weighted by molar-refractivity contribution is 5.19. The Kier molecular flexibility index (Phi) is 3.00. The van der Waals surface area contributed by atoms with Gasteiger partial charge < -0.3 is 10.8 Å². The van der Waals surface area contributed by atoms with E-state index in [2.05, 4.69) is 18.4 Å². The molecule has 0 aliphatic rings. The Hall–Kier alpha value is -0.780. The van der Waals surface area contributed by atoms with Gasteiger partial charge in [0.25, 0.3) is 0 Å². The largest absolute Gasteiger partial charge is 0.377 e. The summed E-state index contributed by atoms with van der Waals surface area (Å²) in [5.41, 5.74) is 4.10. The maximum Gasteiger partial charge on any atom is 0.135 e. The summed E-state index contributed by atoms with van der Waals surface area (Å²) in [5.74, 6) is 5.04. The molecule has 9 heavy (non-hydrogen) atoms. The minimum absolute atomic E-state index is 0.147. The smallest absolute Gasteiger partial charge is 0.135 e. The number of allylic oxidation sites excluding steroid dienone is 1. The monoisotopic (exact) mass is 125 g/mol. The number of rotatable bonds is 1. The van der Waals surface area contributed by atoms with E-state index in [1.54, 1.807) is 6.92 Å². The van der Waals surface area contributed by atoms with Gasteiger partial charge in [-0.15, -0.1) is 0 Å². The van der Waals surface area contributed by atoms with Gasteiger partial charge in [0.05, 0.1) is 0 Å². The summed E-state index contributed by atoms with van der Waals surface area (Å²) < 4.78 is 0. The molecule has 0 heterocycles. The molecule has 0 saturated carbocycles. The van der Waals surface area contributed by atoms with Gasteiger partial charge in [-0.3, -0.25) is 0 Å². The van der Waals surface area contributed by atoms with Crippen LogP contribution >= 0.6 is 0 Å². The first-order chi connectivity index (χ1) is 4.12. The summed E-state index contributed by atoms with van der Waals surface area (Å²) >= 11 is 0. The van der Waals surface area contributed by atoms with Crippen LogP contribution in [0.25, 0.3) is 0 Å². The molecule has 0 aliphatic heterocycles. The lowest BCUT2D eigenvalue weighted by molar-refractivity contribution is 0.131. The van der Waals surface area contributed by atoms with E-state index in [9.17, 15) is 0 Å². The van der Waals surface area contributed by atoms with Crippen molar-refractivity contribution in [3.63, 3.8) is 0 Å². The molecule has 0 spiro atoms. The zero-order valence-corrected chi connectivity index (χ0v) is 5.52. The Morgan fingerprint density at radius 2 is 2.44 bits per heavy atom. The third-order valence-corrected chi connectivity index (χ3v) is 0.841. The first-order valence-electron chi connectivity index (χ1n) is 2.68. The van der Waals surface area contributed by atoms with E-state index in [4.69, 9.17) is 10.8 Å². The lowest BCUT2D eigenvalue weighted by Crippen LogP contribution is -2.32. The van der Waals surface area contributed by atoms with E-state index in [0.717, 1.165) is 0 Å². The standard InChI is InChI=1S/C7H11NO/c1-3-4-5-7(2,9)6-8/h3,9H,1,6,8H2,2H3.